The molecule has 1 atom stereocenters. The summed E-state index contributed by atoms with van der Waals surface area (Å²) in [6.07, 6.45) is 2.65. The molecule has 4 nitrogen and oxygen atoms in total. The summed E-state index contributed by atoms with van der Waals surface area (Å²) < 4.78 is 21.5. The molecule has 0 aliphatic rings. The van der Waals surface area contributed by atoms with E-state index in [-0.39, 0.29) is 11.9 Å². The molecule has 0 amide bonds. The molecule has 0 aliphatic carbocycles. The Morgan fingerprint density at radius 1 is 1.33 bits per heavy atom. The van der Waals surface area contributed by atoms with Crippen molar-refractivity contribution in [1.82, 2.24) is 15.1 Å². The summed E-state index contributed by atoms with van der Waals surface area (Å²) in [5, 5.41) is 7.72. The van der Waals surface area contributed by atoms with Gasteiger partial charge in [-0.05, 0) is 26.0 Å². The summed E-state index contributed by atoms with van der Waals surface area (Å²) in [6, 6.07) is 6.55. The van der Waals surface area contributed by atoms with E-state index in [1.165, 1.54) is 6.07 Å². The van der Waals surface area contributed by atoms with Crippen molar-refractivity contribution in [1.29, 1.82) is 0 Å². The normalized spacial score (nSPS) is 12.4. The van der Waals surface area contributed by atoms with Gasteiger partial charge in [-0.1, -0.05) is 25.1 Å². The van der Waals surface area contributed by atoms with Gasteiger partial charge in [0.25, 0.3) is 0 Å². The zero-order chi connectivity index (χ0) is 15.2. The van der Waals surface area contributed by atoms with Gasteiger partial charge in [-0.2, -0.15) is 5.10 Å². The van der Waals surface area contributed by atoms with Crippen molar-refractivity contribution >= 4 is 0 Å². The van der Waals surface area contributed by atoms with Crippen molar-refractivity contribution in [2.24, 2.45) is 0 Å². The quantitative estimate of drug-likeness (QED) is 0.852. The third kappa shape index (κ3) is 3.24. The lowest BCUT2D eigenvalue weighted by Gasteiger charge is -2.21. The van der Waals surface area contributed by atoms with Crippen molar-refractivity contribution in [2.75, 3.05) is 13.7 Å². The Morgan fingerprint density at radius 3 is 2.71 bits per heavy atom. The van der Waals surface area contributed by atoms with E-state index in [1.54, 1.807) is 25.4 Å². The second-order valence-corrected chi connectivity index (χ2v) is 4.82. The predicted octanol–water partition coefficient (Wildman–Crippen LogP) is 3.14. The summed E-state index contributed by atoms with van der Waals surface area (Å²) in [6.45, 7) is 5.59. The van der Waals surface area contributed by atoms with Gasteiger partial charge in [-0.15, -0.1) is 0 Å². The van der Waals surface area contributed by atoms with Gasteiger partial charge in [0.05, 0.1) is 19.3 Å². The van der Waals surface area contributed by atoms with Crippen molar-refractivity contribution in [3.8, 4) is 5.75 Å². The Bertz CT molecular complexity index is 561. The van der Waals surface area contributed by atoms with E-state index in [4.69, 9.17) is 4.74 Å². The molecular formula is C16H22FN3O. The van der Waals surface area contributed by atoms with Gasteiger partial charge < -0.3 is 10.1 Å². The molecule has 1 heterocycles. The number of methoxy groups -OCH3 is 1. The van der Waals surface area contributed by atoms with Crippen molar-refractivity contribution < 1.29 is 9.13 Å². The van der Waals surface area contributed by atoms with E-state index in [9.17, 15) is 4.39 Å². The van der Waals surface area contributed by atoms with Gasteiger partial charge in [-0.25, -0.2) is 4.39 Å². The molecule has 114 valence electrons. The smallest absolute Gasteiger partial charge is 0.161 e. The van der Waals surface area contributed by atoms with Crippen LogP contribution in [0.2, 0.25) is 0 Å². The maximum atomic E-state index is 14.2. The number of hydrogen-bond acceptors (Lipinski definition) is 3. The number of nitrogens with one attached hydrogen (secondary N) is 1. The molecule has 1 aromatic heterocycles. The maximum absolute atomic E-state index is 14.2. The monoisotopic (exact) mass is 291 g/mol. The highest BCUT2D eigenvalue weighted by Gasteiger charge is 2.24. The molecule has 0 spiro atoms. The number of benzene rings is 1. The summed E-state index contributed by atoms with van der Waals surface area (Å²) in [5.74, 6) is 0.450. The molecule has 2 rings (SSSR count). The van der Waals surface area contributed by atoms with Crippen LogP contribution >= 0.6 is 0 Å². The molecule has 0 saturated heterocycles. The topological polar surface area (TPSA) is 39.1 Å². The largest absolute Gasteiger partial charge is 0.493 e. The van der Waals surface area contributed by atoms with E-state index in [0.717, 1.165) is 18.7 Å². The Balaban J connectivity index is 2.50. The lowest BCUT2D eigenvalue weighted by molar-refractivity contribution is 0.397. The summed E-state index contributed by atoms with van der Waals surface area (Å²) in [4.78, 5) is 0. The predicted molar refractivity (Wildman–Crippen MR) is 81.0 cm³/mol. The molecule has 21 heavy (non-hydrogen) atoms. The van der Waals surface area contributed by atoms with Gasteiger partial charge in [-0.3, -0.25) is 4.68 Å². The Labute approximate surface area is 124 Å². The summed E-state index contributed by atoms with van der Waals surface area (Å²) in [5.41, 5.74) is 1.47. The van der Waals surface area contributed by atoms with Crippen LogP contribution in [0.4, 0.5) is 4.39 Å². The highest BCUT2D eigenvalue weighted by molar-refractivity contribution is 5.37. The summed E-state index contributed by atoms with van der Waals surface area (Å²) in [7, 11) is 1.61. The number of halogens is 1. The fourth-order valence-corrected chi connectivity index (χ4v) is 2.43. The van der Waals surface area contributed by atoms with Crippen LogP contribution in [0, 0.1) is 5.82 Å². The molecule has 0 aliphatic heterocycles. The molecular weight excluding hydrogens is 269 g/mol. The minimum atomic E-state index is -0.274. The number of aryl methyl sites for hydroxylation is 1. The first-order chi connectivity index (χ1) is 10.2. The van der Waals surface area contributed by atoms with Crippen molar-refractivity contribution in [3.05, 3.63) is 47.5 Å². The molecule has 0 saturated carbocycles. The summed E-state index contributed by atoms with van der Waals surface area (Å²) >= 11 is 0. The van der Waals surface area contributed by atoms with Crippen LogP contribution in [0.25, 0.3) is 0 Å². The van der Waals surface area contributed by atoms with E-state index in [0.29, 0.717) is 17.9 Å². The van der Waals surface area contributed by atoms with Crippen LogP contribution in [-0.2, 0) is 6.54 Å². The number of nitrogens with zero attached hydrogens (tertiary/aromatic N) is 2. The second-order valence-electron chi connectivity index (χ2n) is 4.82. The standard InChI is InChI=1S/C16H22FN3O/c1-4-10-18-15(12-8-6-7-9-13(12)17)16-14(21-3)11-19-20(16)5-2/h6-9,11,15,18H,4-5,10H2,1-3H3. The van der Waals surface area contributed by atoms with E-state index >= 15 is 0 Å². The highest BCUT2D eigenvalue weighted by atomic mass is 19.1. The lowest BCUT2D eigenvalue weighted by atomic mass is 10.0. The average molecular weight is 291 g/mol. The molecule has 1 unspecified atom stereocenters. The Morgan fingerprint density at radius 2 is 2.10 bits per heavy atom. The number of aromatic nitrogens is 2. The number of rotatable bonds is 7. The van der Waals surface area contributed by atoms with E-state index in [1.807, 2.05) is 17.7 Å². The first kappa shape index (κ1) is 15.5. The zero-order valence-corrected chi connectivity index (χ0v) is 12.8. The van der Waals surface area contributed by atoms with Crippen molar-refractivity contribution in [2.45, 2.75) is 32.9 Å². The minimum Gasteiger partial charge on any atom is -0.493 e. The van der Waals surface area contributed by atoms with Crippen LogP contribution in [0.15, 0.2) is 30.5 Å². The lowest BCUT2D eigenvalue weighted by Crippen LogP contribution is -2.27. The number of hydrogen-bond donors (Lipinski definition) is 1. The molecule has 1 aromatic carbocycles. The molecule has 0 bridgehead atoms. The van der Waals surface area contributed by atoms with Crippen LogP contribution in [-0.4, -0.2) is 23.4 Å². The van der Waals surface area contributed by atoms with Crippen LogP contribution in [0.3, 0.4) is 0 Å². The zero-order valence-electron chi connectivity index (χ0n) is 12.8. The third-order valence-corrected chi connectivity index (χ3v) is 3.45. The minimum absolute atomic E-state index is 0.225. The fraction of sp³-hybridized carbons (Fsp3) is 0.438. The third-order valence-electron chi connectivity index (χ3n) is 3.45. The SMILES string of the molecule is CCCNC(c1ccccc1F)c1c(OC)cnn1CC. The van der Waals surface area contributed by atoms with Gasteiger partial charge in [0, 0.05) is 12.1 Å². The van der Waals surface area contributed by atoms with Gasteiger partial charge in [0.15, 0.2) is 5.75 Å². The van der Waals surface area contributed by atoms with Gasteiger partial charge >= 0.3 is 0 Å². The maximum Gasteiger partial charge on any atom is 0.161 e. The molecule has 5 heteroatoms. The Kier molecular flexibility index (Phi) is 5.33. The molecule has 2 aromatic rings. The fourth-order valence-electron chi connectivity index (χ4n) is 2.43. The van der Waals surface area contributed by atoms with Gasteiger partial charge in [0.2, 0.25) is 0 Å². The first-order valence-corrected chi connectivity index (χ1v) is 7.30. The Hall–Kier alpha value is -1.88. The van der Waals surface area contributed by atoms with E-state index in [2.05, 4.69) is 17.3 Å². The van der Waals surface area contributed by atoms with Crippen molar-refractivity contribution in [3.63, 3.8) is 0 Å². The highest BCUT2D eigenvalue weighted by Crippen LogP contribution is 2.31. The number of ether oxygens (including phenoxy) is 1. The molecule has 0 fully saturated rings. The van der Waals surface area contributed by atoms with E-state index < -0.39 is 0 Å². The van der Waals surface area contributed by atoms with Gasteiger partial charge in [0.1, 0.15) is 11.5 Å². The molecule has 0 radical (unpaired) electrons. The first-order valence-electron chi connectivity index (χ1n) is 7.30. The van der Waals surface area contributed by atoms with Crippen LogP contribution < -0.4 is 10.1 Å². The van der Waals surface area contributed by atoms with Crippen LogP contribution in [0.1, 0.15) is 37.6 Å². The molecule has 1 N–H and O–H groups in total. The van der Waals surface area contributed by atoms with Crippen LogP contribution in [0.5, 0.6) is 5.75 Å². The average Bonchev–Trinajstić information content (AvgIpc) is 2.92. The second kappa shape index (κ2) is 7.22.